The van der Waals surface area contributed by atoms with Gasteiger partial charge in [-0.25, -0.2) is 4.39 Å². The van der Waals surface area contributed by atoms with E-state index in [-0.39, 0.29) is 24.4 Å². The SMILES string of the molecule is CCN(CC)C(CNC(=O)COc1cccc(F)c1)c1ccsc1. The van der Waals surface area contributed by atoms with E-state index in [1.165, 1.54) is 17.7 Å². The number of nitrogens with one attached hydrogen (secondary N) is 1. The molecule has 0 aliphatic heterocycles. The molecule has 0 radical (unpaired) electrons. The number of amides is 1. The van der Waals surface area contributed by atoms with Gasteiger partial charge in [-0.05, 0) is 47.6 Å². The maximum Gasteiger partial charge on any atom is 0.258 e. The number of ether oxygens (including phenoxy) is 1. The molecule has 1 heterocycles. The molecule has 1 atom stereocenters. The van der Waals surface area contributed by atoms with Crippen molar-refractivity contribution in [3.8, 4) is 5.75 Å². The maximum absolute atomic E-state index is 13.1. The van der Waals surface area contributed by atoms with Gasteiger partial charge in [0.05, 0.1) is 6.04 Å². The number of carbonyl (C=O) groups excluding carboxylic acids is 1. The minimum absolute atomic E-state index is 0.127. The highest BCUT2D eigenvalue weighted by molar-refractivity contribution is 7.07. The van der Waals surface area contributed by atoms with E-state index in [0.717, 1.165) is 13.1 Å². The molecule has 6 heteroatoms. The molecule has 1 aromatic heterocycles. The highest BCUT2D eigenvalue weighted by atomic mass is 32.1. The lowest BCUT2D eigenvalue weighted by Crippen LogP contribution is -2.39. The third kappa shape index (κ3) is 5.32. The molecule has 130 valence electrons. The van der Waals surface area contributed by atoms with Crippen LogP contribution in [0.3, 0.4) is 0 Å². The maximum atomic E-state index is 13.1. The zero-order chi connectivity index (χ0) is 17.4. The lowest BCUT2D eigenvalue weighted by molar-refractivity contribution is -0.123. The Labute approximate surface area is 146 Å². The van der Waals surface area contributed by atoms with Crippen molar-refractivity contribution in [3.63, 3.8) is 0 Å². The number of carbonyl (C=O) groups is 1. The molecule has 2 aromatic rings. The summed E-state index contributed by atoms with van der Waals surface area (Å²) in [5, 5.41) is 7.06. The fourth-order valence-electron chi connectivity index (χ4n) is 2.55. The van der Waals surface area contributed by atoms with Gasteiger partial charge in [-0.15, -0.1) is 0 Å². The van der Waals surface area contributed by atoms with Crippen molar-refractivity contribution < 1.29 is 13.9 Å². The normalized spacial score (nSPS) is 12.2. The molecule has 0 bridgehead atoms. The van der Waals surface area contributed by atoms with Crippen molar-refractivity contribution in [3.05, 3.63) is 52.5 Å². The van der Waals surface area contributed by atoms with Gasteiger partial charge in [0.1, 0.15) is 11.6 Å². The van der Waals surface area contributed by atoms with Crippen LogP contribution < -0.4 is 10.1 Å². The van der Waals surface area contributed by atoms with E-state index in [9.17, 15) is 9.18 Å². The monoisotopic (exact) mass is 350 g/mol. The molecular weight excluding hydrogens is 327 g/mol. The van der Waals surface area contributed by atoms with Gasteiger partial charge in [0.25, 0.3) is 5.91 Å². The number of likely N-dealkylation sites (N-methyl/N-ethyl adjacent to an activating group) is 1. The molecule has 1 N–H and O–H groups in total. The Morgan fingerprint density at radius 3 is 2.75 bits per heavy atom. The predicted molar refractivity (Wildman–Crippen MR) is 94.9 cm³/mol. The minimum Gasteiger partial charge on any atom is -0.484 e. The van der Waals surface area contributed by atoms with Gasteiger partial charge in [-0.3, -0.25) is 9.69 Å². The average molecular weight is 350 g/mol. The second-order valence-corrected chi connectivity index (χ2v) is 6.12. The van der Waals surface area contributed by atoms with E-state index in [0.29, 0.717) is 12.3 Å². The average Bonchev–Trinajstić information content (AvgIpc) is 3.11. The standard InChI is InChI=1S/C18H23FN2O2S/c1-3-21(4-2)17(14-8-9-24-13-14)11-20-18(22)12-23-16-7-5-6-15(19)10-16/h5-10,13,17H,3-4,11-12H2,1-2H3,(H,20,22). The van der Waals surface area contributed by atoms with Crippen LogP contribution in [0.2, 0.25) is 0 Å². The summed E-state index contributed by atoms with van der Waals surface area (Å²) in [5.41, 5.74) is 1.20. The van der Waals surface area contributed by atoms with E-state index < -0.39 is 0 Å². The number of hydrogen-bond acceptors (Lipinski definition) is 4. The van der Waals surface area contributed by atoms with Crippen molar-refractivity contribution in [1.82, 2.24) is 10.2 Å². The Morgan fingerprint density at radius 2 is 2.12 bits per heavy atom. The summed E-state index contributed by atoms with van der Waals surface area (Å²) in [6, 6.07) is 8.00. The Kier molecular flexibility index (Phi) is 7.21. The number of benzene rings is 1. The molecule has 1 aromatic carbocycles. The molecule has 0 saturated heterocycles. The Hall–Kier alpha value is -1.92. The fourth-order valence-corrected chi connectivity index (χ4v) is 3.26. The Morgan fingerprint density at radius 1 is 1.33 bits per heavy atom. The first-order valence-corrected chi connectivity index (χ1v) is 8.99. The van der Waals surface area contributed by atoms with Crippen LogP contribution in [0, 0.1) is 5.82 Å². The summed E-state index contributed by atoms with van der Waals surface area (Å²) in [6.07, 6.45) is 0. The fraction of sp³-hybridized carbons (Fsp3) is 0.389. The van der Waals surface area contributed by atoms with Crippen molar-refractivity contribution in [2.24, 2.45) is 0 Å². The zero-order valence-corrected chi connectivity index (χ0v) is 14.8. The van der Waals surface area contributed by atoms with Crippen molar-refractivity contribution in [1.29, 1.82) is 0 Å². The molecule has 0 aliphatic carbocycles. The summed E-state index contributed by atoms with van der Waals surface area (Å²) < 4.78 is 18.4. The van der Waals surface area contributed by atoms with Crippen molar-refractivity contribution >= 4 is 17.2 Å². The summed E-state index contributed by atoms with van der Waals surface area (Å²) in [6.45, 7) is 6.43. The van der Waals surface area contributed by atoms with E-state index in [4.69, 9.17) is 4.74 Å². The second kappa shape index (κ2) is 9.39. The first-order valence-electron chi connectivity index (χ1n) is 8.05. The van der Waals surface area contributed by atoms with Crippen LogP contribution in [0.1, 0.15) is 25.5 Å². The molecule has 0 spiro atoms. The minimum atomic E-state index is -0.382. The lowest BCUT2D eigenvalue weighted by Gasteiger charge is -2.29. The van der Waals surface area contributed by atoms with Gasteiger partial charge in [-0.1, -0.05) is 19.9 Å². The van der Waals surface area contributed by atoms with Crippen LogP contribution in [0.25, 0.3) is 0 Å². The Balaban J connectivity index is 1.88. The molecule has 1 unspecified atom stereocenters. The van der Waals surface area contributed by atoms with Crippen LogP contribution in [-0.4, -0.2) is 37.0 Å². The molecule has 0 fully saturated rings. The van der Waals surface area contributed by atoms with Crippen LogP contribution in [0.15, 0.2) is 41.1 Å². The van der Waals surface area contributed by atoms with Gasteiger partial charge in [0, 0.05) is 12.6 Å². The first kappa shape index (κ1) is 18.4. The van der Waals surface area contributed by atoms with Gasteiger partial charge in [-0.2, -0.15) is 11.3 Å². The number of hydrogen-bond donors (Lipinski definition) is 1. The quantitative estimate of drug-likeness (QED) is 0.753. The first-order chi connectivity index (χ1) is 11.6. The molecule has 2 rings (SSSR count). The number of halogens is 1. The summed E-state index contributed by atoms with van der Waals surface area (Å²) in [7, 11) is 0. The molecular formula is C18H23FN2O2S. The van der Waals surface area contributed by atoms with Gasteiger partial charge in [0.15, 0.2) is 6.61 Å². The van der Waals surface area contributed by atoms with E-state index >= 15 is 0 Å². The number of thiophene rings is 1. The summed E-state index contributed by atoms with van der Waals surface area (Å²) in [4.78, 5) is 14.3. The summed E-state index contributed by atoms with van der Waals surface area (Å²) in [5.74, 6) is -0.248. The largest absolute Gasteiger partial charge is 0.484 e. The highest BCUT2D eigenvalue weighted by Crippen LogP contribution is 2.22. The molecule has 24 heavy (non-hydrogen) atoms. The van der Waals surface area contributed by atoms with Crippen LogP contribution >= 0.6 is 11.3 Å². The van der Waals surface area contributed by atoms with Gasteiger partial charge >= 0.3 is 0 Å². The van der Waals surface area contributed by atoms with Crippen LogP contribution in [-0.2, 0) is 4.79 Å². The van der Waals surface area contributed by atoms with Gasteiger partial charge < -0.3 is 10.1 Å². The van der Waals surface area contributed by atoms with Crippen molar-refractivity contribution in [2.45, 2.75) is 19.9 Å². The topological polar surface area (TPSA) is 41.6 Å². The van der Waals surface area contributed by atoms with Crippen molar-refractivity contribution in [2.75, 3.05) is 26.2 Å². The lowest BCUT2D eigenvalue weighted by atomic mass is 10.1. The Bertz CT molecular complexity index is 630. The predicted octanol–water partition coefficient (Wildman–Crippen LogP) is 3.47. The molecule has 1 amide bonds. The molecule has 4 nitrogen and oxygen atoms in total. The smallest absolute Gasteiger partial charge is 0.258 e. The third-order valence-electron chi connectivity index (χ3n) is 3.84. The second-order valence-electron chi connectivity index (χ2n) is 5.34. The molecule has 0 saturated carbocycles. The van der Waals surface area contributed by atoms with E-state index in [1.807, 2.05) is 5.38 Å². The van der Waals surface area contributed by atoms with E-state index in [1.54, 1.807) is 23.5 Å². The highest BCUT2D eigenvalue weighted by Gasteiger charge is 2.19. The van der Waals surface area contributed by atoms with E-state index in [2.05, 4.69) is 35.5 Å². The third-order valence-corrected chi connectivity index (χ3v) is 4.54. The van der Waals surface area contributed by atoms with Crippen LogP contribution in [0.5, 0.6) is 5.75 Å². The molecule has 0 aliphatic rings. The number of nitrogens with zero attached hydrogens (tertiary/aromatic N) is 1. The summed E-state index contributed by atoms with van der Waals surface area (Å²) >= 11 is 1.65. The van der Waals surface area contributed by atoms with Crippen LogP contribution in [0.4, 0.5) is 4.39 Å². The number of rotatable bonds is 9. The zero-order valence-electron chi connectivity index (χ0n) is 14.0. The van der Waals surface area contributed by atoms with Gasteiger partial charge in [0.2, 0.25) is 0 Å².